The van der Waals surface area contributed by atoms with E-state index in [2.05, 4.69) is 0 Å². The van der Waals surface area contributed by atoms with Crippen LogP contribution in [-0.2, 0) is 0 Å². The highest BCUT2D eigenvalue weighted by Gasteiger charge is 2.20. The van der Waals surface area contributed by atoms with Crippen LogP contribution in [-0.4, -0.2) is 40.9 Å². The second-order valence-electron chi connectivity index (χ2n) is 7.56. The third kappa shape index (κ3) is 4.07. The number of rotatable bonds is 4. The molecule has 0 amide bonds. The van der Waals surface area contributed by atoms with Gasteiger partial charge in [0, 0.05) is 0 Å². The Balaban J connectivity index is 2.17. The Morgan fingerprint density at radius 1 is 0.294 bits per heavy atom. The Labute approximate surface area is 193 Å². The smallest absolute Gasteiger partial charge is 0.158 e. The summed E-state index contributed by atoms with van der Waals surface area (Å²) in [6.07, 6.45) is 0. The third-order valence-electron chi connectivity index (χ3n) is 5.31. The Kier molecular flexibility index (Phi) is 5.56. The molecular weight excluding hydrogens is 440 g/mol. The number of hydrogen-bond donors (Lipinski definition) is 8. The Morgan fingerprint density at radius 3 is 0.676 bits per heavy atom. The van der Waals surface area contributed by atoms with Crippen LogP contribution in [0.15, 0.2) is 72.8 Å². The summed E-state index contributed by atoms with van der Waals surface area (Å²) < 4.78 is 0. The van der Waals surface area contributed by atoms with E-state index in [1.54, 1.807) is 0 Å². The van der Waals surface area contributed by atoms with Gasteiger partial charge in [0.2, 0.25) is 0 Å². The molecule has 4 aromatic rings. The van der Waals surface area contributed by atoms with Crippen LogP contribution in [0.1, 0.15) is 22.3 Å². The zero-order valence-electron chi connectivity index (χ0n) is 17.5. The molecule has 0 saturated carbocycles. The molecule has 0 saturated heterocycles. The molecule has 0 aliphatic carbocycles. The fraction of sp³-hybridized carbons (Fsp3) is 0. The molecule has 0 radical (unpaired) electrons. The van der Waals surface area contributed by atoms with Crippen molar-refractivity contribution in [3.63, 3.8) is 0 Å². The van der Waals surface area contributed by atoms with Crippen molar-refractivity contribution >= 4 is 11.1 Å². The van der Waals surface area contributed by atoms with Gasteiger partial charge in [-0.25, -0.2) is 0 Å². The van der Waals surface area contributed by atoms with Crippen LogP contribution < -0.4 is 0 Å². The molecule has 0 aliphatic heterocycles. The molecule has 8 N–H and O–H groups in total. The second-order valence-corrected chi connectivity index (χ2v) is 7.56. The maximum absolute atomic E-state index is 10.2. The number of benzene rings is 4. The lowest BCUT2D eigenvalue weighted by molar-refractivity contribution is 0.403. The van der Waals surface area contributed by atoms with Crippen molar-refractivity contribution < 1.29 is 40.9 Å². The second kappa shape index (κ2) is 8.51. The van der Waals surface area contributed by atoms with Gasteiger partial charge in [-0.05, 0) is 81.9 Å². The average Bonchev–Trinajstić information content (AvgIpc) is 2.80. The summed E-state index contributed by atoms with van der Waals surface area (Å²) in [4.78, 5) is 0. The van der Waals surface area contributed by atoms with Gasteiger partial charge >= 0.3 is 0 Å². The maximum Gasteiger partial charge on any atom is 0.158 e. The lowest BCUT2D eigenvalue weighted by Gasteiger charge is -2.19. The molecule has 4 rings (SSSR count). The molecule has 0 fully saturated rings. The van der Waals surface area contributed by atoms with E-state index in [0.29, 0.717) is 33.4 Å². The van der Waals surface area contributed by atoms with Crippen LogP contribution in [0.2, 0.25) is 0 Å². The zero-order valence-corrected chi connectivity index (χ0v) is 17.5. The highest BCUT2D eigenvalue weighted by atomic mass is 16.3. The molecule has 0 aromatic heterocycles. The highest BCUT2D eigenvalue weighted by Crippen LogP contribution is 2.43. The van der Waals surface area contributed by atoms with E-state index < -0.39 is 23.0 Å². The minimum Gasteiger partial charge on any atom is -0.504 e. The van der Waals surface area contributed by atoms with E-state index >= 15 is 0 Å². The van der Waals surface area contributed by atoms with Crippen molar-refractivity contribution in [3.8, 4) is 46.0 Å². The normalized spacial score (nSPS) is 10.7. The van der Waals surface area contributed by atoms with Crippen LogP contribution in [0.5, 0.6) is 46.0 Å². The SMILES string of the molecule is Oc1ccc(C(=C(c2ccc(O)c(O)c2)c2ccc(O)c(O)c2)c2ccc(O)c(O)c2)cc1O. The van der Waals surface area contributed by atoms with Gasteiger partial charge in [-0.2, -0.15) is 0 Å². The quantitative estimate of drug-likeness (QED) is 0.165. The summed E-state index contributed by atoms with van der Waals surface area (Å²) in [6.45, 7) is 0. The Bertz CT molecular complexity index is 1220. The first-order chi connectivity index (χ1) is 16.2. The minimum absolute atomic E-state index is 0.359. The van der Waals surface area contributed by atoms with Crippen molar-refractivity contribution in [2.75, 3.05) is 0 Å². The van der Waals surface area contributed by atoms with Crippen LogP contribution in [0.25, 0.3) is 11.1 Å². The predicted molar refractivity (Wildman–Crippen MR) is 124 cm³/mol. The standard InChI is InChI=1S/C26H20O8/c27-17-5-1-13(9-21(17)31)25(14-2-6-18(28)22(32)10-14)26(15-3-7-19(29)23(33)11-15)16-4-8-20(30)24(34)12-16/h1-12,27-34H. The van der Waals surface area contributed by atoms with E-state index in [9.17, 15) is 40.9 Å². The first kappa shape index (κ1) is 22.2. The monoisotopic (exact) mass is 460 g/mol. The van der Waals surface area contributed by atoms with Crippen molar-refractivity contribution in [3.05, 3.63) is 95.1 Å². The van der Waals surface area contributed by atoms with Crippen LogP contribution in [0.4, 0.5) is 0 Å². The van der Waals surface area contributed by atoms with Crippen molar-refractivity contribution in [1.29, 1.82) is 0 Å². The van der Waals surface area contributed by atoms with Gasteiger partial charge in [0.15, 0.2) is 46.0 Å². The largest absolute Gasteiger partial charge is 0.504 e. The molecule has 172 valence electrons. The van der Waals surface area contributed by atoms with Gasteiger partial charge in [-0.3, -0.25) is 0 Å². The fourth-order valence-corrected chi connectivity index (χ4v) is 3.63. The van der Waals surface area contributed by atoms with Crippen molar-refractivity contribution in [2.24, 2.45) is 0 Å². The van der Waals surface area contributed by atoms with E-state index in [1.165, 1.54) is 72.8 Å². The summed E-state index contributed by atoms with van der Waals surface area (Å²) in [5.74, 6) is -3.10. The van der Waals surface area contributed by atoms with Gasteiger partial charge in [-0.1, -0.05) is 24.3 Å². The molecule has 0 aliphatic rings. The zero-order chi connectivity index (χ0) is 24.6. The van der Waals surface area contributed by atoms with Crippen molar-refractivity contribution in [1.82, 2.24) is 0 Å². The van der Waals surface area contributed by atoms with Crippen LogP contribution >= 0.6 is 0 Å². The molecule has 0 bridgehead atoms. The molecular formula is C26H20O8. The predicted octanol–water partition coefficient (Wildman–Crippen LogP) is 4.34. The molecule has 8 nitrogen and oxygen atoms in total. The molecule has 0 heterocycles. The number of phenolic OH excluding ortho intramolecular Hbond substituents is 8. The molecule has 0 spiro atoms. The van der Waals surface area contributed by atoms with Gasteiger partial charge in [0.25, 0.3) is 0 Å². The molecule has 0 atom stereocenters. The Morgan fingerprint density at radius 2 is 0.500 bits per heavy atom. The number of aromatic hydroxyl groups is 8. The summed E-state index contributed by atoms with van der Waals surface area (Å²) in [5, 5.41) is 80.0. The van der Waals surface area contributed by atoms with E-state index in [1.807, 2.05) is 0 Å². The van der Waals surface area contributed by atoms with Crippen LogP contribution in [0.3, 0.4) is 0 Å². The average molecular weight is 460 g/mol. The first-order valence-electron chi connectivity index (χ1n) is 9.99. The minimum atomic E-state index is -0.417. The fourth-order valence-electron chi connectivity index (χ4n) is 3.63. The highest BCUT2D eigenvalue weighted by molar-refractivity contribution is 6.05. The molecule has 8 heteroatoms. The summed E-state index contributed by atoms with van der Waals surface area (Å²) in [7, 11) is 0. The topological polar surface area (TPSA) is 162 Å². The molecule has 34 heavy (non-hydrogen) atoms. The number of phenols is 8. The summed E-state index contributed by atoms with van der Waals surface area (Å²) in [5.41, 5.74) is 2.21. The maximum atomic E-state index is 10.2. The number of hydrogen-bond acceptors (Lipinski definition) is 8. The van der Waals surface area contributed by atoms with E-state index in [4.69, 9.17) is 0 Å². The van der Waals surface area contributed by atoms with Gasteiger partial charge in [0.05, 0.1) is 0 Å². The van der Waals surface area contributed by atoms with E-state index in [0.717, 1.165) is 0 Å². The molecule has 4 aromatic carbocycles. The molecule has 0 unspecified atom stereocenters. The van der Waals surface area contributed by atoms with Gasteiger partial charge in [0.1, 0.15) is 0 Å². The summed E-state index contributed by atoms with van der Waals surface area (Å²) >= 11 is 0. The van der Waals surface area contributed by atoms with Gasteiger partial charge in [-0.15, -0.1) is 0 Å². The Hall–Kier alpha value is -4.98. The van der Waals surface area contributed by atoms with Crippen molar-refractivity contribution in [2.45, 2.75) is 0 Å². The van der Waals surface area contributed by atoms with Gasteiger partial charge < -0.3 is 40.9 Å². The lowest BCUT2D eigenvalue weighted by atomic mass is 9.85. The lowest BCUT2D eigenvalue weighted by Crippen LogP contribution is -1.98. The first-order valence-corrected chi connectivity index (χ1v) is 9.99. The van der Waals surface area contributed by atoms with Crippen LogP contribution in [0, 0.1) is 0 Å². The van der Waals surface area contributed by atoms with E-state index in [-0.39, 0.29) is 23.0 Å². The third-order valence-corrected chi connectivity index (χ3v) is 5.31. The summed E-state index contributed by atoms with van der Waals surface area (Å²) in [6, 6.07) is 16.3.